The van der Waals surface area contributed by atoms with Crippen molar-refractivity contribution in [3.05, 3.63) is 33.8 Å². The maximum atomic E-state index is 11.4. The zero-order valence-electron chi connectivity index (χ0n) is 8.84. The zero-order chi connectivity index (χ0) is 12.3. The highest BCUT2D eigenvalue weighted by Crippen LogP contribution is 2.34. The van der Waals surface area contributed by atoms with Crippen molar-refractivity contribution in [1.29, 1.82) is 0 Å². The van der Waals surface area contributed by atoms with Crippen LogP contribution in [0.5, 0.6) is 5.75 Å². The second kappa shape index (κ2) is 5.23. The molecular weight excluding hydrogens is 249 g/mol. The lowest BCUT2D eigenvalue weighted by molar-refractivity contribution is -0.112. The zero-order valence-corrected chi connectivity index (χ0v) is 10.4. The number of phenolic OH excluding ortho intramolecular Hbond substituents is 1. The van der Waals surface area contributed by atoms with Crippen LogP contribution in [0.15, 0.2) is 23.8 Å². The molecule has 1 rings (SSSR count). The smallest absolute Gasteiger partial charge is 0.248 e. The number of phenols is 1. The van der Waals surface area contributed by atoms with Crippen LogP contribution in [-0.4, -0.2) is 11.0 Å². The van der Waals surface area contributed by atoms with Crippen molar-refractivity contribution in [3.8, 4) is 5.75 Å². The average Bonchev–Trinajstić information content (AvgIpc) is 2.11. The van der Waals surface area contributed by atoms with Crippen molar-refractivity contribution in [2.24, 2.45) is 0 Å². The molecule has 0 saturated carbocycles. The van der Waals surface area contributed by atoms with E-state index in [1.165, 1.54) is 18.2 Å². The molecule has 16 heavy (non-hydrogen) atoms. The van der Waals surface area contributed by atoms with Gasteiger partial charge in [0.05, 0.1) is 10.7 Å². The molecule has 86 valence electrons. The van der Waals surface area contributed by atoms with E-state index in [2.05, 4.69) is 5.32 Å². The largest absolute Gasteiger partial charge is 0.504 e. The molecule has 1 aromatic rings. The topological polar surface area (TPSA) is 49.3 Å². The van der Waals surface area contributed by atoms with Gasteiger partial charge >= 0.3 is 0 Å². The molecule has 0 aliphatic rings. The first-order valence-corrected chi connectivity index (χ1v) is 5.29. The molecule has 0 aliphatic heterocycles. The molecule has 0 heterocycles. The van der Waals surface area contributed by atoms with Crippen LogP contribution in [-0.2, 0) is 4.79 Å². The van der Waals surface area contributed by atoms with Crippen molar-refractivity contribution in [1.82, 2.24) is 0 Å². The van der Waals surface area contributed by atoms with Crippen LogP contribution in [0.25, 0.3) is 0 Å². The molecule has 0 aromatic heterocycles. The Morgan fingerprint density at radius 2 is 2.00 bits per heavy atom. The number of carbonyl (C=O) groups excluding carboxylic acids is 1. The van der Waals surface area contributed by atoms with Gasteiger partial charge in [-0.3, -0.25) is 4.79 Å². The van der Waals surface area contributed by atoms with E-state index in [-0.39, 0.29) is 22.4 Å². The van der Waals surface area contributed by atoms with Gasteiger partial charge in [-0.25, -0.2) is 0 Å². The molecule has 1 amide bonds. The lowest BCUT2D eigenvalue weighted by Gasteiger charge is -2.07. The Labute approximate surface area is 104 Å². The number of nitrogens with one attached hydrogen (secondary N) is 1. The summed E-state index contributed by atoms with van der Waals surface area (Å²) >= 11 is 11.5. The van der Waals surface area contributed by atoms with E-state index in [4.69, 9.17) is 23.2 Å². The molecule has 5 heteroatoms. The molecule has 0 unspecified atom stereocenters. The minimum atomic E-state index is -0.339. The Bertz CT molecular complexity index is 452. The van der Waals surface area contributed by atoms with Crippen LogP contribution >= 0.6 is 23.2 Å². The maximum absolute atomic E-state index is 11.4. The number of hydrogen-bond acceptors (Lipinski definition) is 2. The van der Waals surface area contributed by atoms with Crippen LogP contribution in [0, 0.1) is 0 Å². The number of hydrogen-bond donors (Lipinski definition) is 2. The van der Waals surface area contributed by atoms with E-state index in [9.17, 15) is 9.90 Å². The number of allylic oxidation sites excluding steroid dienone is 1. The van der Waals surface area contributed by atoms with Crippen LogP contribution in [0.3, 0.4) is 0 Å². The van der Waals surface area contributed by atoms with Crippen LogP contribution in [0.1, 0.15) is 13.8 Å². The van der Waals surface area contributed by atoms with Crippen molar-refractivity contribution in [2.75, 3.05) is 5.32 Å². The van der Waals surface area contributed by atoms with Crippen molar-refractivity contribution < 1.29 is 9.90 Å². The molecule has 2 N–H and O–H groups in total. The van der Waals surface area contributed by atoms with E-state index in [0.29, 0.717) is 5.02 Å². The predicted octanol–water partition coefficient (Wildman–Crippen LogP) is 3.60. The number of aromatic hydroxyl groups is 1. The molecular formula is C11H11Cl2NO2. The van der Waals surface area contributed by atoms with E-state index >= 15 is 0 Å². The number of carbonyl (C=O) groups is 1. The van der Waals surface area contributed by atoms with Gasteiger partial charge in [-0.2, -0.15) is 0 Å². The molecule has 0 radical (unpaired) electrons. The van der Waals surface area contributed by atoms with Crippen molar-refractivity contribution in [2.45, 2.75) is 13.8 Å². The second-order valence-electron chi connectivity index (χ2n) is 3.49. The summed E-state index contributed by atoms with van der Waals surface area (Å²) in [6.45, 7) is 3.59. The Kier molecular flexibility index (Phi) is 4.21. The van der Waals surface area contributed by atoms with Gasteiger partial charge in [0.2, 0.25) is 5.91 Å². The fourth-order valence-electron chi connectivity index (χ4n) is 1.09. The molecule has 0 saturated heterocycles. The normalized spacial score (nSPS) is 9.75. The Balaban J connectivity index is 2.98. The lowest BCUT2D eigenvalue weighted by Crippen LogP contribution is -2.08. The molecule has 0 aliphatic carbocycles. The summed E-state index contributed by atoms with van der Waals surface area (Å²) in [4.78, 5) is 11.4. The molecule has 0 bridgehead atoms. The van der Waals surface area contributed by atoms with E-state index < -0.39 is 0 Å². The van der Waals surface area contributed by atoms with Crippen molar-refractivity contribution in [3.63, 3.8) is 0 Å². The number of anilines is 1. The van der Waals surface area contributed by atoms with E-state index in [0.717, 1.165) is 5.57 Å². The summed E-state index contributed by atoms with van der Waals surface area (Å²) in [7, 11) is 0. The first kappa shape index (κ1) is 12.9. The third-order valence-electron chi connectivity index (χ3n) is 1.71. The van der Waals surface area contributed by atoms with Crippen molar-refractivity contribution >= 4 is 34.8 Å². The van der Waals surface area contributed by atoms with Crippen LogP contribution in [0.4, 0.5) is 5.69 Å². The van der Waals surface area contributed by atoms with Gasteiger partial charge in [0.1, 0.15) is 0 Å². The third-order valence-corrected chi connectivity index (χ3v) is 2.21. The Morgan fingerprint density at radius 3 is 2.56 bits per heavy atom. The predicted molar refractivity (Wildman–Crippen MR) is 66.2 cm³/mol. The molecule has 1 aromatic carbocycles. The summed E-state index contributed by atoms with van der Waals surface area (Å²) in [5.74, 6) is -0.532. The Hall–Kier alpha value is -1.19. The highest BCUT2D eigenvalue weighted by atomic mass is 35.5. The molecule has 3 nitrogen and oxygen atoms in total. The van der Waals surface area contributed by atoms with Gasteiger partial charge in [-0.15, -0.1) is 0 Å². The summed E-state index contributed by atoms with van der Waals surface area (Å²) in [5, 5.41) is 12.5. The molecule has 0 spiro atoms. The highest BCUT2D eigenvalue weighted by Gasteiger charge is 2.09. The molecule has 0 fully saturated rings. The number of benzene rings is 1. The second-order valence-corrected chi connectivity index (χ2v) is 4.34. The van der Waals surface area contributed by atoms with Crippen LogP contribution in [0.2, 0.25) is 10.0 Å². The summed E-state index contributed by atoms with van der Waals surface area (Å²) in [6, 6.07) is 2.83. The quantitative estimate of drug-likeness (QED) is 0.630. The fraction of sp³-hybridized carbons (Fsp3) is 0.182. The highest BCUT2D eigenvalue weighted by molar-refractivity contribution is 6.36. The summed E-state index contributed by atoms with van der Waals surface area (Å²) in [5.41, 5.74) is 1.05. The summed E-state index contributed by atoms with van der Waals surface area (Å²) in [6.07, 6.45) is 1.41. The lowest BCUT2D eigenvalue weighted by atomic mass is 10.2. The SMILES string of the molecule is CC(C)=CC(=O)Nc1cc(Cl)cc(Cl)c1O. The molecule has 0 atom stereocenters. The van der Waals surface area contributed by atoms with Gasteiger partial charge in [0.25, 0.3) is 0 Å². The maximum Gasteiger partial charge on any atom is 0.248 e. The van der Waals surface area contributed by atoms with Gasteiger partial charge in [0.15, 0.2) is 5.75 Å². The first-order chi connectivity index (χ1) is 7.40. The van der Waals surface area contributed by atoms with E-state index in [1.807, 2.05) is 0 Å². The number of amides is 1. The number of halogens is 2. The first-order valence-electron chi connectivity index (χ1n) is 4.54. The van der Waals surface area contributed by atoms with Gasteiger partial charge < -0.3 is 10.4 Å². The minimum Gasteiger partial charge on any atom is -0.504 e. The summed E-state index contributed by atoms with van der Waals surface area (Å²) < 4.78 is 0. The number of rotatable bonds is 2. The monoisotopic (exact) mass is 259 g/mol. The average molecular weight is 260 g/mol. The van der Waals surface area contributed by atoms with Crippen LogP contribution < -0.4 is 5.32 Å². The van der Waals surface area contributed by atoms with Gasteiger partial charge in [-0.1, -0.05) is 28.8 Å². The van der Waals surface area contributed by atoms with Gasteiger partial charge in [0, 0.05) is 11.1 Å². The third kappa shape index (κ3) is 3.43. The fourth-order valence-corrected chi connectivity index (χ4v) is 1.59. The van der Waals surface area contributed by atoms with Gasteiger partial charge in [-0.05, 0) is 26.0 Å². The Morgan fingerprint density at radius 1 is 1.38 bits per heavy atom. The minimum absolute atomic E-state index is 0.0972. The van der Waals surface area contributed by atoms with E-state index in [1.54, 1.807) is 13.8 Å². The standard InChI is InChI=1S/C11H11Cl2NO2/c1-6(2)3-10(15)14-9-5-7(12)4-8(13)11(9)16/h3-5,16H,1-2H3,(H,14,15).